The van der Waals surface area contributed by atoms with Gasteiger partial charge in [0.2, 0.25) is 0 Å². The molecule has 2 aliphatic rings. The fourth-order valence-corrected chi connectivity index (χ4v) is 3.16. The predicted octanol–water partition coefficient (Wildman–Crippen LogP) is 3.07. The van der Waals surface area contributed by atoms with Crippen molar-refractivity contribution in [2.45, 2.75) is 50.7 Å². The molecule has 0 aromatic heterocycles. The Morgan fingerprint density at radius 1 is 1.10 bits per heavy atom. The number of piperidine rings is 1. The van der Waals surface area contributed by atoms with Gasteiger partial charge in [-0.25, -0.2) is 4.39 Å². The third-order valence-corrected chi connectivity index (χ3v) is 4.40. The molecule has 1 aliphatic carbocycles. The highest BCUT2D eigenvalue weighted by atomic mass is 19.1. The van der Waals surface area contributed by atoms with Crippen LogP contribution in [-0.2, 0) is 0 Å². The fourth-order valence-electron chi connectivity index (χ4n) is 3.16. The summed E-state index contributed by atoms with van der Waals surface area (Å²) in [6.07, 6.45) is 6.91. The van der Waals surface area contributed by atoms with E-state index in [4.69, 9.17) is 10.5 Å². The van der Waals surface area contributed by atoms with Crippen molar-refractivity contribution in [3.05, 3.63) is 24.0 Å². The molecule has 0 atom stereocenters. The second kappa shape index (κ2) is 6.00. The van der Waals surface area contributed by atoms with Gasteiger partial charge in [0, 0.05) is 25.2 Å². The maximum Gasteiger partial charge on any atom is 0.143 e. The summed E-state index contributed by atoms with van der Waals surface area (Å²) in [4.78, 5) is 2.21. The molecule has 0 bridgehead atoms. The molecule has 4 heteroatoms. The summed E-state index contributed by atoms with van der Waals surface area (Å²) in [5.74, 6) is 0.627. The van der Waals surface area contributed by atoms with Crippen molar-refractivity contribution in [2.75, 3.05) is 18.0 Å². The van der Waals surface area contributed by atoms with E-state index in [-0.39, 0.29) is 11.9 Å². The number of ether oxygens (including phenoxy) is 1. The van der Waals surface area contributed by atoms with Crippen LogP contribution in [-0.4, -0.2) is 25.2 Å². The average molecular weight is 278 g/mol. The van der Waals surface area contributed by atoms with E-state index in [1.165, 1.54) is 18.9 Å². The van der Waals surface area contributed by atoms with Gasteiger partial charge in [0.15, 0.2) is 0 Å². The Morgan fingerprint density at radius 2 is 1.80 bits per heavy atom. The lowest BCUT2D eigenvalue weighted by Crippen LogP contribution is -2.40. The van der Waals surface area contributed by atoms with Gasteiger partial charge >= 0.3 is 0 Å². The third kappa shape index (κ3) is 3.06. The minimum absolute atomic E-state index is 0.200. The third-order valence-electron chi connectivity index (χ3n) is 4.40. The molecule has 0 amide bonds. The molecule has 1 saturated carbocycles. The van der Waals surface area contributed by atoms with Gasteiger partial charge in [0.05, 0.1) is 11.8 Å². The van der Waals surface area contributed by atoms with E-state index in [0.29, 0.717) is 6.10 Å². The van der Waals surface area contributed by atoms with Crippen molar-refractivity contribution in [1.82, 2.24) is 0 Å². The van der Waals surface area contributed by atoms with E-state index >= 15 is 0 Å². The van der Waals surface area contributed by atoms with Gasteiger partial charge in [-0.1, -0.05) is 0 Å². The maximum atomic E-state index is 13.6. The Bertz CT molecular complexity index is 452. The highest BCUT2D eigenvalue weighted by Gasteiger charge is 2.22. The van der Waals surface area contributed by atoms with Gasteiger partial charge in [0.1, 0.15) is 11.6 Å². The Kier molecular flexibility index (Phi) is 4.10. The van der Waals surface area contributed by atoms with Crippen molar-refractivity contribution in [1.29, 1.82) is 0 Å². The van der Waals surface area contributed by atoms with Crippen molar-refractivity contribution in [2.24, 2.45) is 5.73 Å². The molecule has 3 rings (SSSR count). The topological polar surface area (TPSA) is 38.5 Å². The Labute approximate surface area is 119 Å². The zero-order chi connectivity index (χ0) is 13.9. The van der Waals surface area contributed by atoms with Crippen molar-refractivity contribution >= 4 is 5.69 Å². The molecular weight excluding hydrogens is 255 g/mol. The van der Waals surface area contributed by atoms with Gasteiger partial charge in [-0.15, -0.1) is 0 Å². The van der Waals surface area contributed by atoms with Gasteiger partial charge in [-0.2, -0.15) is 0 Å². The second-order valence-electron chi connectivity index (χ2n) is 5.96. The number of halogens is 1. The standard InChI is InChI=1S/C16H23FN2O/c17-12-5-6-16(20-14-3-1-2-4-14)15(11-12)19-9-7-13(18)8-10-19/h5-6,11,13-14H,1-4,7-10,18H2. The monoisotopic (exact) mass is 278 g/mol. The Morgan fingerprint density at radius 3 is 2.50 bits per heavy atom. The number of rotatable bonds is 3. The fraction of sp³-hybridized carbons (Fsp3) is 0.625. The van der Waals surface area contributed by atoms with Crippen LogP contribution in [0, 0.1) is 5.82 Å². The summed E-state index contributed by atoms with van der Waals surface area (Å²) in [5, 5.41) is 0. The van der Waals surface area contributed by atoms with Crippen LogP contribution < -0.4 is 15.4 Å². The minimum atomic E-state index is -0.200. The molecule has 0 radical (unpaired) electrons. The van der Waals surface area contributed by atoms with Gasteiger partial charge in [-0.3, -0.25) is 0 Å². The highest BCUT2D eigenvalue weighted by Crippen LogP contribution is 2.34. The first-order valence-corrected chi connectivity index (χ1v) is 7.69. The lowest BCUT2D eigenvalue weighted by molar-refractivity contribution is 0.210. The smallest absolute Gasteiger partial charge is 0.143 e. The van der Waals surface area contributed by atoms with E-state index in [9.17, 15) is 4.39 Å². The summed E-state index contributed by atoms with van der Waals surface area (Å²) in [7, 11) is 0. The predicted molar refractivity (Wildman–Crippen MR) is 78.7 cm³/mol. The van der Waals surface area contributed by atoms with Crippen LogP contribution in [0.1, 0.15) is 38.5 Å². The number of hydrogen-bond donors (Lipinski definition) is 1. The number of hydrogen-bond acceptors (Lipinski definition) is 3. The highest BCUT2D eigenvalue weighted by molar-refractivity contribution is 5.59. The first-order chi connectivity index (χ1) is 9.72. The summed E-state index contributed by atoms with van der Waals surface area (Å²) in [6.45, 7) is 1.76. The van der Waals surface area contributed by atoms with E-state index in [2.05, 4.69) is 4.90 Å². The molecule has 110 valence electrons. The number of nitrogens with two attached hydrogens (primary N) is 1. The Balaban J connectivity index is 1.78. The minimum Gasteiger partial charge on any atom is -0.488 e. The number of benzene rings is 1. The van der Waals surface area contributed by atoms with E-state index in [1.807, 2.05) is 0 Å². The lowest BCUT2D eigenvalue weighted by Gasteiger charge is -2.33. The normalized spacial score (nSPS) is 21.4. The van der Waals surface area contributed by atoms with Crippen LogP contribution in [0.15, 0.2) is 18.2 Å². The molecule has 20 heavy (non-hydrogen) atoms. The average Bonchev–Trinajstić information content (AvgIpc) is 2.95. The quantitative estimate of drug-likeness (QED) is 0.923. The van der Waals surface area contributed by atoms with Crippen LogP contribution in [0.4, 0.5) is 10.1 Å². The summed E-state index contributed by atoms with van der Waals surface area (Å²) >= 11 is 0. The van der Waals surface area contributed by atoms with Crippen molar-refractivity contribution in [3.8, 4) is 5.75 Å². The molecule has 1 aliphatic heterocycles. The lowest BCUT2D eigenvalue weighted by atomic mass is 10.1. The molecule has 1 saturated heterocycles. The van der Waals surface area contributed by atoms with Crippen molar-refractivity contribution < 1.29 is 9.13 Å². The SMILES string of the molecule is NC1CCN(c2cc(F)ccc2OC2CCCC2)CC1. The van der Waals surface area contributed by atoms with Gasteiger partial charge < -0.3 is 15.4 Å². The second-order valence-corrected chi connectivity index (χ2v) is 5.96. The van der Waals surface area contributed by atoms with E-state index in [1.54, 1.807) is 12.1 Å². The zero-order valence-corrected chi connectivity index (χ0v) is 11.9. The van der Waals surface area contributed by atoms with Crippen LogP contribution in [0.2, 0.25) is 0 Å². The molecule has 1 aromatic carbocycles. The maximum absolute atomic E-state index is 13.6. The molecule has 1 aromatic rings. The molecule has 3 nitrogen and oxygen atoms in total. The van der Waals surface area contributed by atoms with Crippen LogP contribution in [0.25, 0.3) is 0 Å². The first-order valence-electron chi connectivity index (χ1n) is 7.69. The Hall–Kier alpha value is -1.29. The summed E-state index contributed by atoms with van der Waals surface area (Å²) in [5.41, 5.74) is 6.84. The molecule has 2 N–H and O–H groups in total. The molecular formula is C16H23FN2O. The van der Waals surface area contributed by atoms with Crippen molar-refractivity contribution in [3.63, 3.8) is 0 Å². The van der Waals surface area contributed by atoms with Crippen LogP contribution in [0.5, 0.6) is 5.75 Å². The van der Waals surface area contributed by atoms with Crippen LogP contribution in [0.3, 0.4) is 0 Å². The molecule has 1 heterocycles. The molecule has 2 fully saturated rings. The van der Waals surface area contributed by atoms with Crippen LogP contribution >= 0.6 is 0 Å². The number of anilines is 1. The largest absolute Gasteiger partial charge is 0.488 e. The molecule has 0 unspecified atom stereocenters. The van der Waals surface area contributed by atoms with E-state index in [0.717, 1.165) is 50.2 Å². The number of nitrogens with zero attached hydrogens (tertiary/aromatic N) is 1. The summed E-state index contributed by atoms with van der Waals surface area (Å²) in [6, 6.07) is 5.14. The molecule has 0 spiro atoms. The summed E-state index contributed by atoms with van der Waals surface area (Å²) < 4.78 is 19.7. The first kappa shape index (κ1) is 13.7. The van der Waals surface area contributed by atoms with Gasteiger partial charge in [-0.05, 0) is 50.7 Å². The van der Waals surface area contributed by atoms with Gasteiger partial charge in [0.25, 0.3) is 0 Å². The van der Waals surface area contributed by atoms with E-state index < -0.39 is 0 Å². The zero-order valence-electron chi connectivity index (χ0n) is 11.9.